The van der Waals surface area contributed by atoms with E-state index in [2.05, 4.69) is 0 Å². The summed E-state index contributed by atoms with van der Waals surface area (Å²) in [6.45, 7) is 2.00. The standard InChI is InChI=1S/C17H10FNO6S.CH2O/c18-10-4-8-13-15(16(10)26-6-20)25-12-3-7(21)1-2-11(12)19(13)5-9(14(8)22)17(23)24;1-2/h1-5,20-21H,6H2,(H,23,24);1H2. The maximum Gasteiger partial charge on any atom is 0.341 e. The number of thioether (sulfide) groups is 1. The quantitative estimate of drug-likeness (QED) is 0.351. The van der Waals surface area contributed by atoms with Crippen LogP contribution in [0.1, 0.15) is 10.4 Å². The minimum absolute atomic E-state index is 0.0220. The fourth-order valence-corrected chi connectivity index (χ4v) is 3.53. The molecule has 0 aliphatic carbocycles. The van der Waals surface area contributed by atoms with E-state index in [9.17, 15) is 29.3 Å². The molecule has 0 fully saturated rings. The Morgan fingerprint density at radius 3 is 2.64 bits per heavy atom. The van der Waals surface area contributed by atoms with Gasteiger partial charge in [-0.3, -0.25) is 4.79 Å². The van der Waals surface area contributed by atoms with Gasteiger partial charge >= 0.3 is 5.97 Å². The summed E-state index contributed by atoms with van der Waals surface area (Å²) >= 11 is 0.767. The third-order valence-electron chi connectivity index (χ3n) is 4.01. The van der Waals surface area contributed by atoms with Crippen LogP contribution >= 0.6 is 11.8 Å². The van der Waals surface area contributed by atoms with Crippen molar-refractivity contribution in [3.63, 3.8) is 0 Å². The van der Waals surface area contributed by atoms with E-state index in [-0.39, 0.29) is 33.0 Å². The topological polar surface area (TPSA) is 126 Å². The fraction of sp³-hybridized carbons (Fsp3) is 0.0556. The molecule has 1 aromatic heterocycles. The molecule has 8 nitrogen and oxygen atoms in total. The van der Waals surface area contributed by atoms with E-state index in [0.717, 1.165) is 24.0 Å². The van der Waals surface area contributed by atoms with Crippen molar-refractivity contribution in [2.45, 2.75) is 4.90 Å². The third-order valence-corrected chi connectivity index (χ3v) is 4.81. The van der Waals surface area contributed by atoms with Crippen molar-refractivity contribution < 1.29 is 34.0 Å². The molecule has 0 spiro atoms. The number of benzene rings is 2. The second kappa shape index (κ2) is 7.33. The van der Waals surface area contributed by atoms with Gasteiger partial charge in [-0.2, -0.15) is 0 Å². The monoisotopic (exact) mass is 405 g/mol. The number of aromatic nitrogens is 1. The summed E-state index contributed by atoms with van der Waals surface area (Å²) < 4.78 is 21.6. The van der Waals surface area contributed by atoms with Crippen LogP contribution < -0.4 is 10.2 Å². The summed E-state index contributed by atoms with van der Waals surface area (Å²) in [6, 6.07) is 5.10. The van der Waals surface area contributed by atoms with Gasteiger partial charge in [0.1, 0.15) is 29.4 Å². The molecule has 0 saturated heterocycles. The number of ether oxygens (including phenoxy) is 1. The number of aromatic hydroxyl groups is 1. The Labute approximate surface area is 160 Å². The van der Waals surface area contributed by atoms with E-state index in [1.807, 2.05) is 6.79 Å². The number of carboxylic acid groups (broad SMARTS) is 1. The van der Waals surface area contributed by atoms with Gasteiger partial charge in [-0.1, -0.05) is 11.8 Å². The molecular weight excluding hydrogens is 393 g/mol. The van der Waals surface area contributed by atoms with Crippen molar-refractivity contribution in [3.8, 4) is 22.9 Å². The SMILES string of the molecule is C=O.O=C(O)c1cn2c3c(c(SCO)c(F)cc3c1=O)Oc1cc(O)ccc1-2. The van der Waals surface area contributed by atoms with E-state index in [1.165, 1.54) is 22.8 Å². The Bertz CT molecular complexity index is 1180. The molecule has 3 N–H and O–H groups in total. The van der Waals surface area contributed by atoms with Gasteiger partial charge in [-0.15, -0.1) is 0 Å². The average Bonchev–Trinajstić information content (AvgIpc) is 2.67. The Balaban J connectivity index is 0.00000109. The van der Waals surface area contributed by atoms with Crippen molar-refractivity contribution in [2.75, 3.05) is 5.94 Å². The number of carbonyl (C=O) groups is 2. The van der Waals surface area contributed by atoms with Crippen molar-refractivity contribution in [1.29, 1.82) is 0 Å². The maximum absolute atomic E-state index is 14.5. The Morgan fingerprint density at radius 2 is 2.00 bits per heavy atom. The van der Waals surface area contributed by atoms with Crippen LogP contribution in [0.15, 0.2) is 40.2 Å². The number of rotatable bonds is 3. The minimum Gasteiger partial charge on any atom is -0.508 e. The summed E-state index contributed by atoms with van der Waals surface area (Å²) in [5, 5.41) is 28.0. The van der Waals surface area contributed by atoms with Gasteiger partial charge in [0.05, 0.1) is 21.9 Å². The number of halogens is 1. The van der Waals surface area contributed by atoms with E-state index in [1.54, 1.807) is 0 Å². The number of phenolic OH excluding ortho intramolecular Hbond substituents is 1. The first-order chi connectivity index (χ1) is 13.4. The predicted molar refractivity (Wildman–Crippen MR) is 98.3 cm³/mol. The van der Waals surface area contributed by atoms with E-state index >= 15 is 0 Å². The van der Waals surface area contributed by atoms with Crippen molar-refractivity contribution in [3.05, 3.63) is 52.1 Å². The fourth-order valence-electron chi connectivity index (χ4n) is 2.94. The molecule has 1 aliphatic heterocycles. The maximum atomic E-state index is 14.5. The normalized spacial score (nSPS) is 11.2. The summed E-state index contributed by atoms with van der Waals surface area (Å²) in [4.78, 5) is 31.9. The molecule has 0 saturated carbocycles. The summed E-state index contributed by atoms with van der Waals surface area (Å²) in [7, 11) is 0. The second-order valence-electron chi connectivity index (χ2n) is 5.49. The number of pyridine rings is 1. The van der Waals surface area contributed by atoms with Crippen molar-refractivity contribution in [1.82, 2.24) is 4.57 Å². The molecule has 10 heteroatoms. The summed E-state index contributed by atoms with van der Waals surface area (Å²) in [6.07, 6.45) is 1.14. The summed E-state index contributed by atoms with van der Waals surface area (Å²) in [5.41, 5.74) is -0.786. The Hall–Kier alpha value is -3.37. The number of nitrogens with zero attached hydrogens (tertiary/aromatic N) is 1. The molecule has 2 aromatic carbocycles. The van der Waals surface area contributed by atoms with Gasteiger partial charge in [0.2, 0.25) is 5.43 Å². The first-order valence-corrected chi connectivity index (χ1v) is 8.60. The van der Waals surface area contributed by atoms with Gasteiger partial charge in [0, 0.05) is 12.3 Å². The number of aliphatic hydroxyl groups excluding tert-OH is 1. The van der Waals surface area contributed by atoms with Gasteiger partial charge < -0.3 is 29.4 Å². The number of aliphatic hydroxyl groups is 1. The number of hydrogen-bond donors (Lipinski definition) is 3. The molecule has 3 aromatic rings. The largest absolute Gasteiger partial charge is 0.508 e. The van der Waals surface area contributed by atoms with Gasteiger partial charge in [-0.25, -0.2) is 9.18 Å². The lowest BCUT2D eigenvalue weighted by Gasteiger charge is -2.25. The molecule has 0 unspecified atom stereocenters. The zero-order valence-corrected chi connectivity index (χ0v) is 14.8. The Kier molecular flexibility index (Phi) is 5.08. The second-order valence-corrected chi connectivity index (χ2v) is 6.44. The van der Waals surface area contributed by atoms with Crippen LogP contribution in [0.4, 0.5) is 4.39 Å². The molecule has 0 amide bonds. The van der Waals surface area contributed by atoms with Crippen LogP contribution in [0.3, 0.4) is 0 Å². The highest BCUT2D eigenvalue weighted by atomic mass is 32.2. The molecule has 2 heterocycles. The number of carboxylic acids is 1. The zero-order chi connectivity index (χ0) is 20.6. The number of fused-ring (bicyclic) bond motifs is 2. The molecule has 28 heavy (non-hydrogen) atoms. The van der Waals surface area contributed by atoms with Crippen LogP contribution in [-0.2, 0) is 4.79 Å². The van der Waals surface area contributed by atoms with E-state index in [4.69, 9.17) is 9.53 Å². The molecule has 4 rings (SSSR count). The minimum atomic E-state index is -1.44. The average molecular weight is 405 g/mol. The van der Waals surface area contributed by atoms with E-state index < -0.39 is 28.7 Å². The highest BCUT2D eigenvalue weighted by Crippen LogP contribution is 2.46. The van der Waals surface area contributed by atoms with Crippen LogP contribution in [0, 0.1) is 5.82 Å². The van der Waals surface area contributed by atoms with Crippen LogP contribution in [-0.4, -0.2) is 38.6 Å². The third kappa shape index (κ3) is 2.88. The number of aromatic carboxylic acids is 1. The number of carbonyl (C=O) groups excluding carboxylic acids is 1. The molecule has 144 valence electrons. The smallest absolute Gasteiger partial charge is 0.341 e. The van der Waals surface area contributed by atoms with Crippen molar-refractivity contribution in [2.24, 2.45) is 0 Å². The number of hydrogen-bond acceptors (Lipinski definition) is 7. The molecular formula is C18H12FNO7S. The molecule has 0 atom stereocenters. The molecule has 1 aliphatic rings. The Morgan fingerprint density at radius 1 is 1.29 bits per heavy atom. The lowest BCUT2D eigenvalue weighted by molar-refractivity contribution is -0.0980. The lowest BCUT2D eigenvalue weighted by atomic mass is 10.1. The number of phenols is 1. The van der Waals surface area contributed by atoms with Crippen LogP contribution in [0.25, 0.3) is 16.6 Å². The van der Waals surface area contributed by atoms with E-state index in [0.29, 0.717) is 5.69 Å². The predicted octanol–water partition coefficient (Wildman–Crippen LogP) is 2.50. The highest BCUT2D eigenvalue weighted by molar-refractivity contribution is 7.99. The summed E-state index contributed by atoms with van der Waals surface area (Å²) in [5.74, 6) is -2.65. The van der Waals surface area contributed by atoms with Gasteiger partial charge in [0.25, 0.3) is 0 Å². The van der Waals surface area contributed by atoms with Crippen molar-refractivity contribution >= 4 is 35.4 Å². The lowest BCUT2D eigenvalue weighted by Crippen LogP contribution is -2.21. The highest BCUT2D eigenvalue weighted by Gasteiger charge is 2.28. The first kappa shape index (κ1) is 19.4. The van der Waals surface area contributed by atoms with Gasteiger partial charge in [-0.05, 0) is 18.2 Å². The first-order valence-electron chi connectivity index (χ1n) is 7.61. The zero-order valence-electron chi connectivity index (χ0n) is 14.0. The van der Waals surface area contributed by atoms with Gasteiger partial charge in [0.15, 0.2) is 11.5 Å². The van der Waals surface area contributed by atoms with Crippen LogP contribution in [0.2, 0.25) is 0 Å². The molecule has 0 bridgehead atoms. The van der Waals surface area contributed by atoms with Crippen LogP contribution in [0.5, 0.6) is 17.2 Å². The molecule has 0 radical (unpaired) electrons.